The molecule has 0 amide bonds. The molecule has 84 valence electrons. The molecule has 3 nitrogen and oxygen atoms in total. The van der Waals surface area contributed by atoms with Crippen molar-refractivity contribution >= 4 is 11.3 Å². The molecule has 1 aromatic heterocycles. The Morgan fingerprint density at radius 3 is 2.80 bits per heavy atom. The largest absolute Gasteiger partial charge is 0.322 e. The van der Waals surface area contributed by atoms with Gasteiger partial charge in [0.2, 0.25) is 0 Å². The van der Waals surface area contributed by atoms with E-state index in [0.717, 1.165) is 11.6 Å². The zero-order valence-electron chi connectivity index (χ0n) is 9.66. The van der Waals surface area contributed by atoms with Gasteiger partial charge in [-0.15, -0.1) is 11.3 Å². The summed E-state index contributed by atoms with van der Waals surface area (Å²) in [6.45, 7) is 6.50. The summed E-state index contributed by atoms with van der Waals surface area (Å²) in [5.41, 5.74) is 7.15. The minimum Gasteiger partial charge on any atom is -0.322 e. The van der Waals surface area contributed by atoms with Gasteiger partial charge in [0.05, 0.1) is 11.7 Å². The van der Waals surface area contributed by atoms with Crippen LogP contribution in [0.5, 0.6) is 0 Å². The van der Waals surface area contributed by atoms with Crippen molar-refractivity contribution in [1.82, 2.24) is 9.88 Å². The van der Waals surface area contributed by atoms with E-state index in [1.54, 1.807) is 11.3 Å². The molecule has 0 spiro atoms. The molecule has 0 radical (unpaired) electrons. The molecule has 4 heteroatoms. The van der Waals surface area contributed by atoms with Crippen LogP contribution < -0.4 is 5.73 Å². The molecule has 1 fully saturated rings. The molecule has 15 heavy (non-hydrogen) atoms. The van der Waals surface area contributed by atoms with E-state index >= 15 is 0 Å². The Morgan fingerprint density at radius 1 is 1.60 bits per heavy atom. The van der Waals surface area contributed by atoms with Crippen molar-refractivity contribution in [2.45, 2.75) is 32.2 Å². The average Bonchev–Trinajstić information content (AvgIpc) is 2.71. The number of rotatable bonds is 2. The summed E-state index contributed by atoms with van der Waals surface area (Å²) in [6.07, 6.45) is 1.24. The fourth-order valence-electron chi connectivity index (χ4n) is 2.16. The van der Waals surface area contributed by atoms with Crippen molar-refractivity contribution in [3.05, 3.63) is 15.6 Å². The number of hydrogen-bond acceptors (Lipinski definition) is 4. The first-order valence-corrected chi connectivity index (χ1v) is 6.31. The highest BCUT2D eigenvalue weighted by Crippen LogP contribution is 2.32. The fourth-order valence-corrected chi connectivity index (χ4v) is 3.12. The third-order valence-electron chi connectivity index (χ3n) is 3.02. The highest BCUT2D eigenvalue weighted by atomic mass is 32.1. The van der Waals surface area contributed by atoms with E-state index in [1.165, 1.54) is 23.5 Å². The maximum atomic E-state index is 5.86. The summed E-state index contributed by atoms with van der Waals surface area (Å²) < 4.78 is 0. The lowest BCUT2D eigenvalue weighted by Gasteiger charge is -2.08. The van der Waals surface area contributed by atoms with Crippen LogP contribution in [-0.4, -0.2) is 30.0 Å². The van der Waals surface area contributed by atoms with Gasteiger partial charge in [-0.05, 0) is 33.9 Å². The second kappa shape index (κ2) is 4.20. The molecule has 0 aliphatic carbocycles. The fraction of sp³-hybridized carbons (Fsp3) is 0.727. The number of aromatic nitrogens is 1. The van der Waals surface area contributed by atoms with Gasteiger partial charge in [-0.2, -0.15) is 0 Å². The topological polar surface area (TPSA) is 42.1 Å². The van der Waals surface area contributed by atoms with Gasteiger partial charge in [-0.3, -0.25) is 0 Å². The van der Waals surface area contributed by atoms with E-state index in [4.69, 9.17) is 10.7 Å². The molecule has 2 N–H and O–H groups in total. The van der Waals surface area contributed by atoms with Gasteiger partial charge >= 0.3 is 0 Å². The van der Waals surface area contributed by atoms with Crippen LogP contribution in [0.1, 0.15) is 40.9 Å². The third-order valence-corrected chi connectivity index (χ3v) is 4.20. The Balaban J connectivity index is 2.21. The first-order chi connectivity index (χ1) is 7.08. The molecule has 2 heterocycles. The first-order valence-electron chi connectivity index (χ1n) is 5.49. The normalized spacial score (nSPS) is 24.7. The van der Waals surface area contributed by atoms with E-state index in [9.17, 15) is 0 Å². The minimum absolute atomic E-state index is 0.0709. The maximum absolute atomic E-state index is 5.86. The van der Waals surface area contributed by atoms with E-state index in [0.29, 0.717) is 5.92 Å². The Labute approximate surface area is 95.3 Å². The van der Waals surface area contributed by atoms with Crippen LogP contribution in [0.2, 0.25) is 0 Å². The predicted molar refractivity (Wildman–Crippen MR) is 64.3 cm³/mol. The Morgan fingerprint density at radius 2 is 2.33 bits per heavy atom. The number of nitrogens with two attached hydrogens (primary N) is 1. The number of likely N-dealkylation sites (N-methyl/N-ethyl adjacent to an activating group) is 1. The molecular formula is C11H19N3S. The molecule has 1 aliphatic rings. The number of aryl methyl sites for hydroxylation is 1. The molecule has 2 rings (SSSR count). The summed E-state index contributed by atoms with van der Waals surface area (Å²) in [6, 6.07) is 0.0709. The van der Waals surface area contributed by atoms with E-state index < -0.39 is 0 Å². The van der Waals surface area contributed by atoms with Gasteiger partial charge in [-0.25, -0.2) is 4.98 Å². The zero-order valence-corrected chi connectivity index (χ0v) is 10.5. The molecule has 1 saturated heterocycles. The van der Waals surface area contributed by atoms with Gasteiger partial charge < -0.3 is 10.6 Å². The van der Waals surface area contributed by atoms with E-state index in [-0.39, 0.29) is 6.04 Å². The lowest BCUT2D eigenvalue weighted by atomic mass is 10.0. The lowest BCUT2D eigenvalue weighted by Crippen LogP contribution is -2.14. The van der Waals surface area contributed by atoms with Crippen LogP contribution in [-0.2, 0) is 0 Å². The Bertz CT molecular complexity index is 346. The van der Waals surface area contributed by atoms with Crippen LogP contribution in [0.3, 0.4) is 0 Å². The van der Waals surface area contributed by atoms with Gasteiger partial charge in [0.15, 0.2) is 0 Å². The number of thiazole rings is 1. The van der Waals surface area contributed by atoms with Crippen LogP contribution in [0.4, 0.5) is 0 Å². The Hall–Kier alpha value is -0.450. The second-order valence-electron chi connectivity index (χ2n) is 4.53. The molecule has 2 unspecified atom stereocenters. The monoisotopic (exact) mass is 225 g/mol. The van der Waals surface area contributed by atoms with Crippen molar-refractivity contribution in [2.24, 2.45) is 5.73 Å². The van der Waals surface area contributed by atoms with Gasteiger partial charge in [-0.1, -0.05) is 0 Å². The molecular weight excluding hydrogens is 206 g/mol. The van der Waals surface area contributed by atoms with Crippen molar-refractivity contribution in [2.75, 3.05) is 20.1 Å². The van der Waals surface area contributed by atoms with Gasteiger partial charge in [0.25, 0.3) is 0 Å². The van der Waals surface area contributed by atoms with Gasteiger partial charge in [0, 0.05) is 17.3 Å². The van der Waals surface area contributed by atoms with Crippen molar-refractivity contribution in [3.63, 3.8) is 0 Å². The molecule has 1 aliphatic heterocycles. The quantitative estimate of drug-likeness (QED) is 0.836. The lowest BCUT2D eigenvalue weighted by molar-refractivity contribution is 0.410. The SMILES string of the molecule is Cc1sc(C(C)N)nc1C1CCN(C)C1. The summed E-state index contributed by atoms with van der Waals surface area (Å²) in [4.78, 5) is 8.41. The molecule has 0 aromatic carbocycles. The number of nitrogens with zero attached hydrogens (tertiary/aromatic N) is 2. The second-order valence-corrected chi connectivity index (χ2v) is 5.76. The van der Waals surface area contributed by atoms with Crippen LogP contribution in [0.25, 0.3) is 0 Å². The van der Waals surface area contributed by atoms with Crippen molar-refractivity contribution < 1.29 is 0 Å². The number of likely N-dealkylation sites (tertiary alicyclic amines) is 1. The highest BCUT2D eigenvalue weighted by molar-refractivity contribution is 7.11. The van der Waals surface area contributed by atoms with Crippen molar-refractivity contribution in [1.29, 1.82) is 0 Å². The molecule has 1 aromatic rings. The summed E-state index contributed by atoms with van der Waals surface area (Å²) in [7, 11) is 2.17. The molecule has 2 atom stereocenters. The Kier molecular flexibility index (Phi) is 3.09. The van der Waals surface area contributed by atoms with Crippen LogP contribution in [0.15, 0.2) is 0 Å². The van der Waals surface area contributed by atoms with E-state index in [1.807, 2.05) is 6.92 Å². The predicted octanol–water partition coefficient (Wildman–Crippen LogP) is 1.89. The standard InChI is InChI=1S/C11H19N3S/c1-7(12)11-13-10(8(2)15-11)9-4-5-14(3)6-9/h7,9H,4-6,12H2,1-3H3. The van der Waals surface area contributed by atoms with Crippen LogP contribution in [0, 0.1) is 6.92 Å². The molecule has 0 bridgehead atoms. The molecule has 0 saturated carbocycles. The zero-order chi connectivity index (χ0) is 11.0. The van der Waals surface area contributed by atoms with Gasteiger partial charge in [0.1, 0.15) is 5.01 Å². The number of hydrogen-bond donors (Lipinski definition) is 1. The summed E-state index contributed by atoms with van der Waals surface area (Å²) >= 11 is 1.76. The summed E-state index contributed by atoms with van der Waals surface area (Å²) in [5.74, 6) is 0.624. The maximum Gasteiger partial charge on any atom is 0.110 e. The van der Waals surface area contributed by atoms with Crippen LogP contribution >= 0.6 is 11.3 Å². The first kappa shape index (κ1) is 11.0. The smallest absolute Gasteiger partial charge is 0.110 e. The third kappa shape index (κ3) is 2.22. The highest BCUT2D eigenvalue weighted by Gasteiger charge is 2.25. The van der Waals surface area contributed by atoms with Crippen molar-refractivity contribution in [3.8, 4) is 0 Å². The van der Waals surface area contributed by atoms with E-state index in [2.05, 4.69) is 18.9 Å². The average molecular weight is 225 g/mol. The summed E-state index contributed by atoms with van der Waals surface area (Å²) in [5, 5.41) is 1.08. The minimum atomic E-state index is 0.0709.